The van der Waals surface area contributed by atoms with Gasteiger partial charge in [-0.25, -0.2) is 8.42 Å². The van der Waals surface area contributed by atoms with Crippen molar-refractivity contribution in [1.82, 2.24) is 4.90 Å². The molecule has 160 valence electrons. The predicted molar refractivity (Wildman–Crippen MR) is 120 cm³/mol. The highest BCUT2D eigenvalue weighted by Crippen LogP contribution is 2.35. The fourth-order valence-electron chi connectivity index (χ4n) is 3.67. The molecule has 31 heavy (non-hydrogen) atoms. The van der Waals surface area contributed by atoms with Crippen LogP contribution in [0.2, 0.25) is 0 Å². The zero-order chi connectivity index (χ0) is 21.8. The highest BCUT2D eigenvalue weighted by molar-refractivity contribution is 7.92. The summed E-state index contributed by atoms with van der Waals surface area (Å²) in [6.45, 7) is 0.735. The Hall–Kier alpha value is -3.32. The highest BCUT2D eigenvalue weighted by Gasteiger charge is 2.37. The molecule has 0 aromatic heterocycles. The van der Waals surface area contributed by atoms with E-state index in [2.05, 4.69) is 0 Å². The Morgan fingerprint density at radius 1 is 0.903 bits per heavy atom. The minimum Gasteiger partial charge on any atom is -0.476 e. The van der Waals surface area contributed by atoms with Crippen molar-refractivity contribution in [3.8, 4) is 5.75 Å². The molecular weight excluding hydrogens is 412 g/mol. The molecule has 1 aliphatic rings. The van der Waals surface area contributed by atoms with Crippen LogP contribution in [-0.2, 0) is 27.9 Å². The molecule has 0 fully saturated rings. The first-order valence-corrected chi connectivity index (χ1v) is 11.9. The summed E-state index contributed by atoms with van der Waals surface area (Å²) in [5.41, 5.74) is 2.43. The highest BCUT2D eigenvalue weighted by atomic mass is 32.2. The van der Waals surface area contributed by atoms with Gasteiger partial charge in [-0.15, -0.1) is 0 Å². The first-order chi connectivity index (χ1) is 14.9. The van der Waals surface area contributed by atoms with E-state index in [0.29, 0.717) is 24.5 Å². The van der Waals surface area contributed by atoms with Crippen LogP contribution in [0.1, 0.15) is 11.1 Å². The van der Waals surface area contributed by atoms with Crippen LogP contribution >= 0.6 is 0 Å². The Balaban J connectivity index is 1.64. The van der Waals surface area contributed by atoms with E-state index in [9.17, 15) is 13.2 Å². The van der Waals surface area contributed by atoms with Crippen LogP contribution in [0.4, 0.5) is 5.69 Å². The van der Waals surface area contributed by atoms with E-state index in [4.69, 9.17) is 4.74 Å². The lowest BCUT2D eigenvalue weighted by Crippen LogP contribution is -2.51. The summed E-state index contributed by atoms with van der Waals surface area (Å²) in [5.74, 6) is 0.132. The minimum atomic E-state index is -3.57. The van der Waals surface area contributed by atoms with Gasteiger partial charge < -0.3 is 9.64 Å². The van der Waals surface area contributed by atoms with E-state index in [1.54, 1.807) is 29.2 Å². The van der Waals surface area contributed by atoms with Crippen molar-refractivity contribution in [2.75, 3.05) is 17.1 Å². The van der Waals surface area contributed by atoms with E-state index < -0.39 is 16.1 Å². The minimum absolute atomic E-state index is 0.0608. The maximum Gasteiger partial charge on any atom is 0.266 e. The monoisotopic (exact) mass is 436 g/mol. The van der Waals surface area contributed by atoms with Crippen molar-refractivity contribution in [3.63, 3.8) is 0 Å². The number of amides is 1. The van der Waals surface area contributed by atoms with Gasteiger partial charge in [0.15, 0.2) is 6.10 Å². The molecule has 0 spiro atoms. The van der Waals surface area contributed by atoms with Crippen molar-refractivity contribution in [2.24, 2.45) is 0 Å². The molecule has 0 bridgehead atoms. The molecule has 1 heterocycles. The molecule has 6 nitrogen and oxygen atoms in total. The molecular formula is C24H24N2O4S. The summed E-state index contributed by atoms with van der Waals surface area (Å²) in [6, 6.07) is 26.3. The predicted octanol–water partition coefficient (Wildman–Crippen LogP) is 3.44. The molecule has 1 unspecified atom stereocenters. The van der Waals surface area contributed by atoms with Gasteiger partial charge in [-0.2, -0.15) is 0 Å². The van der Waals surface area contributed by atoms with Gasteiger partial charge in [-0.1, -0.05) is 72.8 Å². The van der Waals surface area contributed by atoms with Crippen molar-refractivity contribution in [2.45, 2.75) is 19.2 Å². The van der Waals surface area contributed by atoms with Crippen LogP contribution in [0.3, 0.4) is 0 Å². The molecule has 7 heteroatoms. The maximum absolute atomic E-state index is 13.6. The maximum atomic E-state index is 13.6. The summed E-state index contributed by atoms with van der Waals surface area (Å²) in [4.78, 5) is 15.3. The third kappa shape index (κ3) is 4.88. The largest absolute Gasteiger partial charge is 0.476 e. The van der Waals surface area contributed by atoms with Gasteiger partial charge in [0.25, 0.3) is 5.91 Å². The summed E-state index contributed by atoms with van der Waals surface area (Å²) in [7, 11) is -3.57. The normalized spacial score (nSPS) is 15.6. The number of sulfonamides is 1. The summed E-state index contributed by atoms with van der Waals surface area (Å²) in [6.07, 6.45) is 0.208. The third-order valence-electron chi connectivity index (χ3n) is 5.15. The standard InChI is InChI=1S/C24H24N2O4S/c1-31(28,29)26-18-23(30-22-15-9-8-14-21(22)26)24(27)25(16-19-10-4-2-5-11-19)17-20-12-6-3-7-13-20/h2-15,23H,16-18H2,1H3. The van der Waals surface area contributed by atoms with Crippen LogP contribution in [0.25, 0.3) is 0 Å². The van der Waals surface area contributed by atoms with Crippen LogP contribution in [0.15, 0.2) is 84.9 Å². The topological polar surface area (TPSA) is 66.9 Å². The zero-order valence-electron chi connectivity index (χ0n) is 17.2. The number of nitrogens with zero attached hydrogens (tertiary/aromatic N) is 2. The molecule has 0 saturated carbocycles. The van der Waals surface area contributed by atoms with Crippen LogP contribution in [0.5, 0.6) is 5.75 Å². The van der Waals surface area contributed by atoms with E-state index in [0.717, 1.165) is 17.4 Å². The van der Waals surface area contributed by atoms with E-state index >= 15 is 0 Å². The molecule has 1 aliphatic heterocycles. The van der Waals surface area contributed by atoms with Crippen molar-refractivity contribution < 1.29 is 17.9 Å². The Morgan fingerprint density at radius 3 is 1.97 bits per heavy atom. The van der Waals surface area contributed by atoms with Crippen LogP contribution in [-0.4, -0.2) is 38.1 Å². The number of ether oxygens (including phenoxy) is 1. The molecule has 0 saturated heterocycles. The Bertz CT molecular complexity index is 1110. The second-order valence-electron chi connectivity index (χ2n) is 7.53. The van der Waals surface area contributed by atoms with Crippen molar-refractivity contribution in [3.05, 3.63) is 96.1 Å². The molecule has 0 radical (unpaired) electrons. The van der Waals surface area contributed by atoms with Crippen molar-refractivity contribution in [1.29, 1.82) is 0 Å². The van der Waals surface area contributed by atoms with E-state index in [-0.39, 0.29) is 12.5 Å². The van der Waals surface area contributed by atoms with Crippen LogP contribution < -0.4 is 9.04 Å². The van der Waals surface area contributed by atoms with Gasteiger partial charge in [0.05, 0.1) is 18.5 Å². The first-order valence-electron chi connectivity index (χ1n) is 10.0. The molecule has 3 aromatic rings. The lowest BCUT2D eigenvalue weighted by molar-refractivity contribution is -0.139. The summed E-state index contributed by atoms with van der Waals surface area (Å²) in [5, 5.41) is 0. The average molecular weight is 437 g/mol. The Kier molecular flexibility index (Phi) is 5.95. The molecule has 0 N–H and O–H groups in total. The van der Waals surface area contributed by atoms with E-state index in [1.807, 2.05) is 60.7 Å². The van der Waals surface area contributed by atoms with Gasteiger partial charge in [0.2, 0.25) is 10.0 Å². The number of carbonyl (C=O) groups excluding carboxylic acids is 1. The summed E-state index contributed by atoms with van der Waals surface area (Å²) >= 11 is 0. The average Bonchev–Trinajstić information content (AvgIpc) is 2.78. The number of hydrogen-bond acceptors (Lipinski definition) is 4. The fourth-order valence-corrected chi connectivity index (χ4v) is 4.58. The molecule has 0 aliphatic carbocycles. The van der Waals surface area contributed by atoms with Gasteiger partial charge in [0.1, 0.15) is 5.75 Å². The third-order valence-corrected chi connectivity index (χ3v) is 6.30. The van der Waals surface area contributed by atoms with Gasteiger partial charge in [-0.05, 0) is 23.3 Å². The number of rotatable bonds is 6. The quantitative estimate of drug-likeness (QED) is 0.594. The first kappa shape index (κ1) is 20.9. The molecule has 1 atom stereocenters. The van der Waals surface area contributed by atoms with Gasteiger partial charge in [-0.3, -0.25) is 9.10 Å². The van der Waals surface area contributed by atoms with Gasteiger partial charge in [0, 0.05) is 13.1 Å². The molecule has 3 aromatic carbocycles. The second-order valence-corrected chi connectivity index (χ2v) is 9.44. The fraction of sp³-hybridized carbons (Fsp3) is 0.208. The molecule has 4 rings (SSSR count). The zero-order valence-corrected chi connectivity index (χ0v) is 18.0. The number of hydrogen-bond donors (Lipinski definition) is 0. The number of benzene rings is 3. The van der Waals surface area contributed by atoms with Gasteiger partial charge >= 0.3 is 0 Å². The Morgan fingerprint density at radius 2 is 1.42 bits per heavy atom. The molecule has 1 amide bonds. The van der Waals surface area contributed by atoms with E-state index in [1.165, 1.54) is 4.31 Å². The van der Waals surface area contributed by atoms with Crippen LogP contribution in [0, 0.1) is 0 Å². The lowest BCUT2D eigenvalue weighted by atomic mass is 10.1. The lowest BCUT2D eigenvalue weighted by Gasteiger charge is -2.36. The Labute approximate surface area is 182 Å². The summed E-state index contributed by atoms with van der Waals surface area (Å²) < 4.78 is 32.1. The number of fused-ring (bicyclic) bond motifs is 1. The van der Waals surface area contributed by atoms with Crippen molar-refractivity contribution >= 4 is 21.6 Å². The number of carbonyl (C=O) groups is 1. The SMILES string of the molecule is CS(=O)(=O)N1CC(C(=O)N(Cc2ccccc2)Cc2ccccc2)Oc2ccccc21. The number of anilines is 1. The smallest absolute Gasteiger partial charge is 0.266 e. The number of para-hydroxylation sites is 2. The second kappa shape index (κ2) is 8.81.